The number of benzene rings is 1. The summed E-state index contributed by atoms with van der Waals surface area (Å²) >= 11 is 1.68. The Kier molecular flexibility index (Phi) is 3.14. The number of aromatic nitrogens is 1. The van der Waals surface area contributed by atoms with E-state index in [4.69, 9.17) is 0 Å². The molecule has 0 saturated carbocycles. The lowest BCUT2D eigenvalue weighted by atomic mass is 10.1. The second-order valence-electron chi connectivity index (χ2n) is 3.78. The van der Waals surface area contributed by atoms with Crippen LogP contribution in [0.5, 0.6) is 0 Å². The van der Waals surface area contributed by atoms with E-state index in [0.717, 1.165) is 11.6 Å². The maximum absolute atomic E-state index is 4.31. The van der Waals surface area contributed by atoms with E-state index in [1.165, 1.54) is 11.1 Å². The third-order valence-electron chi connectivity index (χ3n) is 2.11. The van der Waals surface area contributed by atoms with Crippen molar-refractivity contribution in [3.8, 4) is 10.6 Å². The third kappa shape index (κ3) is 2.64. The van der Waals surface area contributed by atoms with Crippen molar-refractivity contribution in [3.63, 3.8) is 0 Å². The van der Waals surface area contributed by atoms with Gasteiger partial charge in [-0.25, -0.2) is 4.98 Å². The molecule has 15 heavy (non-hydrogen) atoms. The van der Waals surface area contributed by atoms with Crippen molar-refractivity contribution in [3.05, 3.63) is 41.4 Å². The fourth-order valence-corrected chi connectivity index (χ4v) is 2.17. The van der Waals surface area contributed by atoms with E-state index >= 15 is 0 Å². The Labute approximate surface area is 94.2 Å². The summed E-state index contributed by atoms with van der Waals surface area (Å²) in [6.45, 7) is 0.971. The van der Waals surface area contributed by atoms with Crippen LogP contribution in [0.3, 0.4) is 0 Å². The summed E-state index contributed by atoms with van der Waals surface area (Å²) < 4.78 is 0. The summed E-state index contributed by atoms with van der Waals surface area (Å²) in [4.78, 5) is 6.48. The van der Waals surface area contributed by atoms with Crippen LogP contribution in [0.25, 0.3) is 10.6 Å². The Morgan fingerprint density at radius 3 is 2.87 bits per heavy atom. The highest BCUT2D eigenvalue weighted by Crippen LogP contribution is 2.22. The first kappa shape index (κ1) is 10.3. The summed E-state index contributed by atoms with van der Waals surface area (Å²) in [5.74, 6) is 0. The van der Waals surface area contributed by atoms with Gasteiger partial charge in [-0.1, -0.05) is 18.2 Å². The molecule has 78 valence electrons. The molecule has 0 unspecified atom stereocenters. The molecule has 0 aliphatic heterocycles. The molecule has 0 bridgehead atoms. The zero-order valence-electron chi connectivity index (χ0n) is 8.97. The molecule has 0 atom stereocenters. The predicted molar refractivity (Wildman–Crippen MR) is 64.9 cm³/mol. The first-order valence-corrected chi connectivity index (χ1v) is 5.77. The molecule has 2 rings (SSSR count). The van der Waals surface area contributed by atoms with Gasteiger partial charge in [-0.2, -0.15) is 0 Å². The lowest BCUT2D eigenvalue weighted by Gasteiger charge is -2.09. The van der Waals surface area contributed by atoms with Gasteiger partial charge in [-0.15, -0.1) is 11.3 Å². The van der Waals surface area contributed by atoms with Gasteiger partial charge in [0.2, 0.25) is 0 Å². The minimum Gasteiger partial charge on any atom is -0.305 e. The minimum atomic E-state index is 0.971. The molecule has 0 aliphatic rings. The van der Waals surface area contributed by atoms with Crippen LogP contribution in [-0.2, 0) is 6.54 Å². The van der Waals surface area contributed by atoms with Crippen molar-refractivity contribution in [1.82, 2.24) is 9.88 Å². The predicted octanol–water partition coefficient (Wildman–Crippen LogP) is 2.87. The molecule has 1 aromatic heterocycles. The van der Waals surface area contributed by atoms with Gasteiger partial charge in [0.25, 0.3) is 0 Å². The standard InChI is InChI=1S/C12H14N2S/c1-14(2)9-10-4-3-5-11(8-10)12-13-6-7-15-12/h3-8H,9H2,1-2H3. The summed E-state index contributed by atoms with van der Waals surface area (Å²) in [6.07, 6.45) is 1.85. The summed E-state index contributed by atoms with van der Waals surface area (Å²) in [5.41, 5.74) is 2.54. The van der Waals surface area contributed by atoms with Crippen LogP contribution in [0.2, 0.25) is 0 Å². The van der Waals surface area contributed by atoms with Gasteiger partial charge in [-0.3, -0.25) is 0 Å². The second-order valence-corrected chi connectivity index (χ2v) is 4.67. The number of hydrogen-bond acceptors (Lipinski definition) is 3. The highest BCUT2D eigenvalue weighted by Gasteiger charge is 2.01. The first-order valence-electron chi connectivity index (χ1n) is 4.89. The lowest BCUT2D eigenvalue weighted by molar-refractivity contribution is 0.402. The number of rotatable bonds is 3. The average Bonchev–Trinajstić information content (AvgIpc) is 2.69. The molecule has 3 heteroatoms. The van der Waals surface area contributed by atoms with E-state index in [1.807, 2.05) is 11.6 Å². The van der Waals surface area contributed by atoms with Crippen LogP contribution in [-0.4, -0.2) is 24.0 Å². The Morgan fingerprint density at radius 2 is 2.20 bits per heavy atom. The highest BCUT2D eigenvalue weighted by molar-refractivity contribution is 7.13. The molecular formula is C12H14N2S. The molecule has 0 radical (unpaired) electrons. The molecule has 0 aliphatic carbocycles. The van der Waals surface area contributed by atoms with Crippen molar-refractivity contribution in [2.75, 3.05) is 14.1 Å². The van der Waals surface area contributed by atoms with Crippen molar-refractivity contribution >= 4 is 11.3 Å². The van der Waals surface area contributed by atoms with Crippen LogP contribution < -0.4 is 0 Å². The van der Waals surface area contributed by atoms with Gasteiger partial charge in [0.1, 0.15) is 5.01 Å². The normalized spacial score (nSPS) is 10.9. The molecule has 1 heterocycles. The Balaban J connectivity index is 2.27. The molecule has 2 nitrogen and oxygen atoms in total. The molecule has 0 N–H and O–H groups in total. The molecule has 0 saturated heterocycles. The smallest absolute Gasteiger partial charge is 0.123 e. The quantitative estimate of drug-likeness (QED) is 0.787. The number of hydrogen-bond donors (Lipinski definition) is 0. The molecule has 1 aromatic carbocycles. The van der Waals surface area contributed by atoms with E-state index in [2.05, 4.69) is 48.2 Å². The highest BCUT2D eigenvalue weighted by atomic mass is 32.1. The van der Waals surface area contributed by atoms with Gasteiger partial charge in [-0.05, 0) is 25.7 Å². The van der Waals surface area contributed by atoms with E-state index < -0.39 is 0 Å². The maximum Gasteiger partial charge on any atom is 0.123 e. The van der Waals surface area contributed by atoms with Crippen LogP contribution in [0.4, 0.5) is 0 Å². The lowest BCUT2D eigenvalue weighted by Crippen LogP contribution is -2.10. The van der Waals surface area contributed by atoms with Gasteiger partial charge >= 0.3 is 0 Å². The SMILES string of the molecule is CN(C)Cc1cccc(-c2nccs2)c1. The van der Waals surface area contributed by atoms with E-state index in [1.54, 1.807) is 11.3 Å². The molecular weight excluding hydrogens is 204 g/mol. The summed E-state index contributed by atoms with van der Waals surface area (Å²) in [5, 5.41) is 3.10. The van der Waals surface area contributed by atoms with Crippen molar-refractivity contribution in [2.45, 2.75) is 6.54 Å². The Hall–Kier alpha value is -1.19. The Morgan fingerprint density at radius 1 is 1.33 bits per heavy atom. The van der Waals surface area contributed by atoms with Crippen LogP contribution in [0.1, 0.15) is 5.56 Å². The van der Waals surface area contributed by atoms with Crippen molar-refractivity contribution in [2.24, 2.45) is 0 Å². The van der Waals surface area contributed by atoms with Crippen LogP contribution >= 0.6 is 11.3 Å². The van der Waals surface area contributed by atoms with Crippen molar-refractivity contribution in [1.29, 1.82) is 0 Å². The topological polar surface area (TPSA) is 16.1 Å². The molecule has 0 amide bonds. The van der Waals surface area contributed by atoms with E-state index in [0.29, 0.717) is 0 Å². The molecule has 0 fully saturated rings. The van der Waals surface area contributed by atoms with Crippen LogP contribution in [0.15, 0.2) is 35.8 Å². The maximum atomic E-state index is 4.31. The number of thiazole rings is 1. The minimum absolute atomic E-state index is 0.971. The Bertz CT molecular complexity index is 421. The fraction of sp³-hybridized carbons (Fsp3) is 0.250. The summed E-state index contributed by atoms with van der Waals surface area (Å²) in [7, 11) is 4.16. The molecule has 2 aromatic rings. The fourth-order valence-electron chi connectivity index (χ4n) is 1.53. The monoisotopic (exact) mass is 218 g/mol. The average molecular weight is 218 g/mol. The van der Waals surface area contributed by atoms with E-state index in [9.17, 15) is 0 Å². The van der Waals surface area contributed by atoms with Gasteiger partial charge in [0, 0.05) is 23.7 Å². The zero-order valence-corrected chi connectivity index (χ0v) is 9.79. The van der Waals surface area contributed by atoms with E-state index in [-0.39, 0.29) is 0 Å². The number of nitrogens with zero attached hydrogens (tertiary/aromatic N) is 2. The first-order chi connectivity index (χ1) is 7.25. The van der Waals surface area contributed by atoms with Gasteiger partial charge in [0.15, 0.2) is 0 Å². The third-order valence-corrected chi connectivity index (χ3v) is 2.93. The van der Waals surface area contributed by atoms with Gasteiger partial charge < -0.3 is 4.90 Å². The second kappa shape index (κ2) is 4.55. The molecule has 0 spiro atoms. The van der Waals surface area contributed by atoms with Gasteiger partial charge in [0.05, 0.1) is 0 Å². The zero-order chi connectivity index (χ0) is 10.7. The summed E-state index contributed by atoms with van der Waals surface area (Å²) in [6, 6.07) is 8.56. The van der Waals surface area contributed by atoms with Crippen molar-refractivity contribution < 1.29 is 0 Å². The van der Waals surface area contributed by atoms with Crippen LogP contribution in [0, 0.1) is 0 Å². The largest absolute Gasteiger partial charge is 0.305 e.